The predicted molar refractivity (Wildman–Crippen MR) is 74.9 cm³/mol. The van der Waals surface area contributed by atoms with Gasteiger partial charge in [0.15, 0.2) is 5.69 Å². The van der Waals surface area contributed by atoms with E-state index in [1.54, 1.807) is 7.05 Å². The van der Waals surface area contributed by atoms with Gasteiger partial charge in [-0.2, -0.15) is 18.3 Å². The van der Waals surface area contributed by atoms with Crippen molar-refractivity contribution in [3.05, 3.63) is 52.8 Å². The summed E-state index contributed by atoms with van der Waals surface area (Å²) in [7, 11) is 1.79. The summed E-state index contributed by atoms with van der Waals surface area (Å²) >= 11 is 0. The second-order valence-corrected chi connectivity index (χ2v) is 5.18. The average Bonchev–Trinajstić information content (AvgIpc) is 2.83. The molecule has 0 bridgehead atoms. The number of aryl methyl sites for hydroxylation is 2. The molecule has 0 saturated heterocycles. The lowest BCUT2D eigenvalue weighted by molar-refractivity contribution is -0.141. The Labute approximate surface area is 121 Å². The highest BCUT2D eigenvalue weighted by atomic mass is 19.4. The van der Waals surface area contributed by atoms with Crippen LogP contribution in [0.15, 0.2) is 30.5 Å². The van der Waals surface area contributed by atoms with Gasteiger partial charge in [0.1, 0.15) is 0 Å². The summed E-state index contributed by atoms with van der Waals surface area (Å²) in [4.78, 5) is 0. The minimum Gasteiger partial charge on any atom is -0.311 e. The van der Waals surface area contributed by atoms with E-state index in [4.69, 9.17) is 0 Å². The van der Waals surface area contributed by atoms with Gasteiger partial charge in [0.05, 0.1) is 12.6 Å². The van der Waals surface area contributed by atoms with Gasteiger partial charge < -0.3 is 5.32 Å². The maximum atomic E-state index is 12.6. The fourth-order valence-electron chi connectivity index (χ4n) is 2.38. The van der Waals surface area contributed by atoms with Crippen LogP contribution in [-0.4, -0.2) is 16.8 Å². The Hall–Kier alpha value is -1.82. The van der Waals surface area contributed by atoms with Crippen molar-refractivity contribution in [3.63, 3.8) is 0 Å². The van der Waals surface area contributed by atoms with Gasteiger partial charge in [0.25, 0.3) is 0 Å². The normalized spacial score (nSPS) is 13.4. The minimum absolute atomic E-state index is 0.0930. The smallest absolute Gasteiger partial charge is 0.311 e. The molecule has 21 heavy (non-hydrogen) atoms. The molecule has 0 aliphatic carbocycles. The Morgan fingerprint density at radius 3 is 2.29 bits per heavy atom. The molecule has 1 N–H and O–H groups in total. The lowest BCUT2D eigenvalue weighted by Gasteiger charge is -2.18. The quantitative estimate of drug-likeness (QED) is 0.936. The van der Waals surface area contributed by atoms with Crippen LogP contribution in [0.5, 0.6) is 0 Å². The van der Waals surface area contributed by atoms with E-state index < -0.39 is 11.9 Å². The molecule has 0 spiro atoms. The molecule has 1 heterocycles. The van der Waals surface area contributed by atoms with Crippen LogP contribution in [0.25, 0.3) is 0 Å². The Kier molecular flexibility index (Phi) is 4.37. The Balaban J connectivity index is 2.21. The van der Waals surface area contributed by atoms with Crippen LogP contribution >= 0.6 is 0 Å². The molecule has 0 radical (unpaired) electrons. The van der Waals surface area contributed by atoms with Crippen LogP contribution in [0.2, 0.25) is 0 Å². The second kappa shape index (κ2) is 5.89. The Bertz CT molecular complexity index is 597. The summed E-state index contributed by atoms with van der Waals surface area (Å²) in [5.41, 5.74) is 2.43. The third kappa shape index (κ3) is 3.85. The average molecular weight is 297 g/mol. The fraction of sp³-hybridized carbons (Fsp3) is 0.400. The molecule has 1 aromatic carbocycles. The summed E-state index contributed by atoms with van der Waals surface area (Å²) in [6.45, 7) is 4.34. The first kappa shape index (κ1) is 15.6. The van der Waals surface area contributed by atoms with Crippen LogP contribution in [-0.2, 0) is 12.7 Å². The molecule has 114 valence electrons. The summed E-state index contributed by atoms with van der Waals surface area (Å²) < 4.78 is 39.0. The standard InChI is InChI=1S/C15H18F3N3/c1-10-6-11(2)8-12(7-10)13(19-3)9-21-5-4-14(20-21)15(16,17)18/h4-8,13,19H,9H2,1-3H3. The van der Waals surface area contributed by atoms with Crippen LogP contribution in [0, 0.1) is 13.8 Å². The van der Waals surface area contributed by atoms with E-state index in [9.17, 15) is 13.2 Å². The first-order valence-corrected chi connectivity index (χ1v) is 6.65. The highest BCUT2D eigenvalue weighted by Crippen LogP contribution is 2.27. The van der Waals surface area contributed by atoms with E-state index in [0.29, 0.717) is 6.54 Å². The van der Waals surface area contributed by atoms with Gasteiger partial charge in [-0.25, -0.2) is 0 Å². The van der Waals surface area contributed by atoms with Crippen LogP contribution in [0.1, 0.15) is 28.4 Å². The molecular formula is C15H18F3N3. The third-order valence-electron chi connectivity index (χ3n) is 3.30. The summed E-state index contributed by atoms with van der Waals surface area (Å²) in [5, 5.41) is 6.72. The van der Waals surface area contributed by atoms with Gasteiger partial charge in [-0.1, -0.05) is 29.3 Å². The maximum Gasteiger partial charge on any atom is 0.435 e. The van der Waals surface area contributed by atoms with Crippen molar-refractivity contribution >= 4 is 0 Å². The van der Waals surface area contributed by atoms with E-state index in [0.717, 1.165) is 22.8 Å². The zero-order chi connectivity index (χ0) is 15.6. The molecule has 3 nitrogen and oxygen atoms in total. The highest BCUT2D eigenvalue weighted by Gasteiger charge is 2.33. The zero-order valence-electron chi connectivity index (χ0n) is 12.2. The summed E-state index contributed by atoms with van der Waals surface area (Å²) in [5.74, 6) is 0. The van der Waals surface area contributed by atoms with Gasteiger partial charge in [-0.15, -0.1) is 0 Å². The molecule has 1 unspecified atom stereocenters. The van der Waals surface area contributed by atoms with Crippen LogP contribution in [0.3, 0.4) is 0 Å². The first-order chi connectivity index (χ1) is 9.79. The second-order valence-electron chi connectivity index (χ2n) is 5.18. The number of rotatable bonds is 4. The largest absolute Gasteiger partial charge is 0.435 e. The molecule has 0 aliphatic rings. The number of benzene rings is 1. The molecule has 0 saturated carbocycles. The number of likely N-dealkylation sites (N-methyl/N-ethyl adjacent to an activating group) is 1. The van der Waals surface area contributed by atoms with E-state index in [1.807, 2.05) is 26.0 Å². The van der Waals surface area contributed by atoms with Gasteiger partial charge >= 0.3 is 6.18 Å². The van der Waals surface area contributed by atoms with Gasteiger partial charge in [0, 0.05) is 6.20 Å². The molecule has 0 aliphatic heterocycles. The third-order valence-corrected chi connectivity index (χ3v) is 3.30. The van der Waals surface area contributed by atoms with Crippen molar-refractivity contribution in [2.45, 2.75) is 32.6 Å². The Morgan fingerprint density at radius 2 is 1.81 bits per heavy atom. The van der Waals surface area contributed by atoms with Gasteiger partial charge in [-0.05, 0) is 32.5 Å². The first-order valence-electron chi connectivity index (χ1n) is 6.65. The minimum atomic E-state index is -4.40. The van der Waals surface area contributed by atoms with E-state index >= 15 is 0 Å². The maximum absolute atomic E-state index is 12.6. The summed E-state index contributed by atoms with van der Waals surface area (Å²) in [6, 6.07) is 7.02. The lowest BCUT2D eigenvalue weighted by Crippen LogP contribution is -2.23. The zero-order valence-corrected chi connectivity index (χ0v) is 12.2. The molecule has 1 aromatic heterocycles. The van der Waals surface area contributed by atoms with Crippen LogP contribution < -0.4 is 5.32 Å². The van der Waals surface area contributed by atoms with Crippen molar-refractivity contribution in [1.82, 2.24) is 15.1 Å². The van der Waals surface area contributed by atoms with Crippen LogP contribution in [0.4, 0.5) is 13.2 Å². The fourth-order valence-corrected chi connectivity index (χ4v) is 2.38. The number of hydrogen-bond donors (Lipinski definition) is 1. The Morgan fingerprint density at radius 1 is 1.19 bits per heavy atom. The van der Waals surface area contributed by atoms with Gasteiger partial charge in [0.2, 0.25) is 0 Å². The summed E-state index contributed by atoms with van der Waals surface area (Å²) in [6.07, 6.45) is -3.05. The number of aromatic nitrogens is 2. The monoisotopic (exact) mass is 297 g/mol. The van der Waals surface area contributed by atoms with E-state index in [2.05, 4.69) is 16.5 Å². The predicted octanol–water partition coefficient (Wildman–Crippen LogP) is 3.48. The van der Waals surface area contributed by atoms with Crippen molar-refractivity contribution in [2.75, 3.05) is 7.05 Å². The molecule has 6 heteroatoms. The van der Waals surface area contributed by atoms with Crippen molar-refractivity contribution < 1.29 is 13.2 Å². The van der Waals surface area contributed by atoms with Crippen molar-refractivity contribution in [3.8, 4) is 0 Å². The number of nitrogens with one attached hydrogen (secondary N) is 1. The number of hydrogen-bond acceptors (Lipinski definition) is 2. The van der Waals surface area contributed by atoms with Gasteiger partial charge in [-0.3, -0.25) is 4.68 Å². The topological polar surface area (TPSA) is 29.9 Å². The SMILES string of the molecule is CNC(Cn1ccc(C(F)(F)F)n1)c1cc(C)cc(C)c1. The molecule has 0 amide bonds. The van der Waals surface area contributed by atoms with Crippen molar-refractivity contribution in [2.24, 2.45) is 0 Å². The highest BCUT2D eigenvalue weighted by molar-refractivity contribution is 5.30. The van der Waals surface area contributed by atoms with E-state index in [-0.39, 0.29) is 6.04 Å². The van der Waals surface area contributed by atoms with Crippen molar-refractivity contribution in [1.29, 1.82) is 0 Å². The lowest BCUT2D eigenvalue weighted by atomic mass is 10.0. The number of halogens is 3. The molecule has 2 rings (SSSR count). The molecular weight excluding hydrogens is 279 g/mol. The number of alkyl halides is 3. The molecule has 0 fully saturated rings. The number of nitrogens with zero attached hydrogens (tertiary/aromatic N) is 2. The molecule has 2 aromatic rings. The molecule has 1 atom stereocenters. The van der Waals surface area contributed by atoms with E-state index in [1.165, 1.54) is 10.9 Å².